The number of rotatable bonds is 10. The zero-order valence-corrected chi connectivity index (χ0v) is 24.6. The van der Waals surface area contributed by atoms with Crippen molar-refractivity contribution in [2.45, 2.75) is 50.9 Å². The number of benzene rings is 3. The van der Waals surface area contributed by atoms with Gasteiger partial charge in [-0.25, -0.2) is 9.80 Å². The molecular weight excluding hydrogens is 538 g/mol. The van der Waals surface area contributed by atoms with E-state index in [2.05, 4.69) is 35.5 Å². The van der Waals surface area contributed by atoms with Crippen LogP contribution in [-0.2, 0) is 16.1 Å². The van der Waals surface area contributed by atoms with Crippen LogP contribution in [0.3, 0.4) is 0 Å². The smallest absolute Gasteiger partial charge is 0.334 e. The van der Waals surface area contributed by atoms with Crippen molar-refractivity contribution in [2.75, 3.05) is 26.2 Å². The fourth-order valence-electron chi connectivity index (χ4n) is 6.22. The third-order valence-corrected chi connectivity index (χ3v) is 8.25. The van der Waals surface area contributed by atoms with Crippen molar-refractivity contribution in [2.24, 2.45) is 0 Å². The molecule has 2 aliphatic rings. The van der Waals surface area contributed by atoms with Crippen LogP contribution >= 0.6 is 0 Å². The molecule has 0 aliphatic carbocycles. The first-order chi connectivity index (χ1) is 21.0. The van der Waals surface area contributed by atoms with Crippen molar-refractivity contribution in [1.29, 1.82) is 0 Å². The Morgan fingerprint density at radius 2 is 1.56 bits per heavy atom. The molecule has 0 spiro atoms. The maximum absolute atomic E-state index is 14.0. The molecule has 222 valence electrons. The SMILES string of the molecule is C#CCN1CC(=O)N2[C@@H](CCC)C(=O)N(CCC(c3ccccc3)c3ccccc3)C[C@@H]2N1C(=O)NCc1ccccc1. The zero-order valence-electron chi connectivity index (χ0n) is 24.6. The quantitative estimate of drug-likeness (QED) is 0.362. The summed E-state index contributed by atoms with van der Waals surface area (Å²) in [6, 6.07) is 29.3. The normalized spacial score (nSPS) is 18.9. The van der Waals surface area contributed by atoms with E-state index in [-0.39, 0.29) is 43.4 Å². The highest BCUT2D eigenvalue weighted by Gasteiger charge is 2.51. The van der Waals surface area contributed by atoms with E-state index in [1.807, 2.05) is 78.6 Å². The molecule has 1 N–H and O–H groups in total. The number of hydrazine groups is 1. The Hall–Kier alpha value is -4.61. The summed E-state index contributed by atoms with van der Waals surface area (Å²) in [6.45, 7) is 3.08. The van der Waals surface area contributed by atoms with E-state index >= 15 is 0 Å². The number of terminal acetylenes is 1. The summed E-state index contributed by atoms with van der Waals surface area (Å²) >= 11 is 0. The number of carbonyl (C=O) groups excluding carboxylic acids is 3. The average Bonchev–Trinajstić information content (AvgIpc) is 3.03. The molecule has 2 aliphatic heterocycles. The molecule has 0 radical (unpaired) electrons. The summed E-state index contributed by atoms with van der Waals surface area (Å²) in [4.78, 5) is 44.7. The second kappa shape index (κ2) is 14.0. The van der Waals surface area contributed by atoms with Gasteiger partial charge in [0.25, 0.3) is 0 Å². The maximum atomic E-state index is 14.0. The number of amides is 4. The van der Waals surface area contributed by atoms with Crippen LogP contribution in [0, 0.1) is 12.3 Å². The van der Waals surface area contributed by atoms with Gasteiger partial charge in [0.2, 0.25) is 11.8 Å². The molecule has 8 heteroatoms. The Bertz CT molecular complexity index is 1390. The van der Waals surface area contributed by atoms with Crippen LogP contribution in [0.1, 0.15) is 48.8 Å². The standard InChI is InChI=1S/C35H39N5O3/c1-3-14-31-34(42)37(23-21-30(28-17-10-6-11-18-28)29-19-12-7-13-20-29)25-32-39(31)33(41)26-38(22-4-2)40(32)35(43)36-24-27-15-8-5-9-16-27/h2,5-13,15-20,30-32H,3,14,21-26H2,1H3,(H,36,43)/t31-,32-/m0/s1. The van der Waals surface area contributed by atoms with Gasteiger partial charge in [0.05, 0.1) is 19.6 Å². The van der Waals surface area contributed by atoms with Crippen LogP contribution in [0.15, 0.2) is 91.0 Å². The summed E-state index contributed by atoms with van der Waals surface area (Å²) < 4.78 is 0. The van der Waals surface area contributed by atoms with E-state index in [1.165, 1.54) is 11.1 Å². The lowest BCUT2D eigenvalue weighted by molar-refractivity contribution is -0.189. The summed E-state index contributed by atoms with van der Waals surface area (Å²) in [5, 5.41) is 6.20. The molecular formula is C35H39N5O3. The molecule has 8 nitrogen and oxygen atoms in total. The third kappa shape index (κ3) is 6.73. The number of nitrogens with zero attached hydrogens (tertiary/aromatic N) is 4. The molecule has 2 fully saturated rings. The molecule has 2 heterocycles. The molecule has 3 aromatic carbocycles. The van der Waals surface area contributed by atoms with Crippen molar-refractivity contribution >= 4 is 17.8 Å². The predicted octanol–water partition coefficient (Wildman–Crippen LogP) is 4.45. The molecule has 0 aromatic heterocycles. The highest BCUT2D eigenvalue weighted by atomic mass is 16.2. The zero-order chi connectivity index (χ0) is 30.2. The third-order valence-electron chi connectivity index (χ3n) is 8.25. The summed E-state index contributed by atoms with van der Waals surface area (Å²) in [7, 11) is 0. The lowest BCUT2D eigenvalue weighted by Gasteiger charge is -2.55. The van der Waals surface area contributed by atoms with Gasteiger partial charge in [-0.05, 0) is 29.5 Å². The molecule has 0 saturated carbocycles. The first-order valence-corrected chi connectivity index (χ1v) is 15.0. The van der Waals surface area contributed by atoms with Crippen molar-refractivity contribution in [3.8, 4) is 12.3 Å². The van der Waals surface area contributed by atoms with Crippen molar-refractivity contribution < 1.29 is 14.4 Å². The highest BCUT2D eigenvalue weighted by Crippen LogP contribution is 2.32. The number of urea groups is 1. The molecule has 2 atom stereocenters. The maximum Gasteiger partial charge on any atom is 0.334 e. The summed E-state index contributed by atoms with van der Waals surface area (Å²) in [6.07, 6.45) is 6.97. The molecule has 43 heavy (non-hydrogen) atoms. The Balaban J connectivity index is 1.42. The molecule has 0 bridgehead atoms. The molecule has 2 saturated heterocycles. The average molecular weight is 578 g/mol. The van der Waals surface area contributed by atoms with E-state index in [4.69, 9.17) is 6.42 Å². The van der Waals surface area contributed by atoms with E-state index < -0.39 is 12.2 Å². The Labute approximate surface area is 254 Å². The van der Waals surface area contributed by atoms with Gasteiger partial charge in [-0.2, -0.15) is 5.01 Å². The first kappa shape index (κ1) is 29.9. The van der Waals surface area contributed by atoms with Crippen LogP contribution < -0.4 is 5.32 Å². The lowest BCUT2D eigenvalue weighted by atomic mass is 9.88. The van der Waals surface area contributed by atoms with Gasteiger partial charge in [-0.15, -0.1) is 6.42 Å². The topological polar surface area (TPSA) is 76.2 Å². The number of fused-ring (bicyclic) bond motifs is 1. The second-order valence-corrected chi connectivity index (χ2v) is 11.0. The fourth-order valence-corrected chi connectivity index (χ4v) is 6.22. The van der Waals surface area contributed by atoms with Gasteiger partial charge in [-0.1, -0.05) is 110 Å². The van der Waals surface area contributed by atoms with Gasteiger partial charge in [0.1, 0.15) is 12.2 Å². The fraction of sp³-hybridized carbons (Fsp3) is 0.343. The van der Waals surface area contributed by atoms with Crippen LogP contribution in [0.2, 0.25) is 0 Å². The van der Waals surface area contributed by atoms with Crippen LogP contribution in [0.5, 0.6) is 0 Å². The van der Waals surface area contributed by atoms with Crippen LogP contribution in [0.25, 0.3) is 0 Å². The number of hydrogen-bond acceptors (Lipinski definition) is 4. The van der Waals surface area contributed by atoms with Gasteiger partial charge in [0, 0.05) is 19.0 Å². The number of carbonyl (C=O) groups is 3. The monoisotopic (exact) mass is 577 g/mol. The largest absolute Gasteiger partial charge is 0.337 e. The van der Waals surface area contributed by atoms with Gasteiger partial charge >= 0.3 is 6.03 Å². The minimum absolute atomic E-state index is 0.0585. The Morgan fingerprint density at radius 3 is 2.14 bits per heavy atom. The van der Waals surface area contributed by atoms with Crippen molar-refractivity contribution in [3.05, 3.63) is 108 Å². The minimum atomic E-state index is -0.661. The van der Waals surface area contributed by atoms with Gasteiger partial charge in [0.15, 0.2) is 0 Å². The molecule has 4 amide bonds. The van der Waals surface area contributed by atoms with Gasteiger partial charge in [-0.3, -0.25) is 9.59 Å². The van der Waals surface area contributed by atoms with E-state index in [0.717, 1.165) is 12.0 Å². The number of nitrogens with one attached hydrogen (secondary N) is 1. The number of piperazine rings is 1. The Morgan fingerprint density at radius 1 is 0.953 bits per heavy atom. The summed E-state index contributed by atoms with van der Waals surface area (Å²) in [5.74, 6) is 2.43. The molecule has 0 unspecified atom stereocenters. The first-order valence-electron chi connectivity index (χ1n) is 15.0. The predicted molar refractivity (Wildman–Crippen MR) is 166 cm³/mol. The lowest BCUT2D eigenvalue weighted by Crippen LogP contribution is -2.76. The van der Waals surface area contributed by atoms with E-state index in [0.29, 0.717) is 25.9 Å². The van der Waals surface area contributed by atoms with Crippen LogP contribution in [0.4, 0.5) is 4.79 Å². The van der Waals surface area contributed by atoms with E-state index in [1.54, 1.807) is 14.9 Å². The minimum Gasteiger partial charge on any atom is -0.337 e. The van der Waals surface area contributed by atoms with Crippen molar-refractivity contribution in [1.82, 2.24) is 25.1 Å². The number of hydrogen-bond donors (Lipinski definition) is 1. The van der Waals surface area contributed by atoms with Crippen molar-refractivity contribution in [3.63, 3.8) is 0 Å². The molecule has 5 rings (SSSR count). The van der Waals surface area contributed by atoms with E-state index in [9.17, 15) is 14.4 Å². The van der Waals surface area contributed by atoms with Crippen LogP contribution in [-0.4, -0.2) is 76.0 Å². The Kier molecular flexibility index (Phi) is 9.75. The second-order valence-electron chi connectivity index (χ2n) is 11.0. The molecule has 3 aromatic rings. The van der Waals surface area contributed by atoms with Gasteiger partial charge < -0.3 is 15.1 Å². The highest BCUT2D eigenvalue weighted by molar-refractivity contribution is 5.91. The summed E-state index contributed by atoms with van der Waals surface area (Å²) in [5.41, 5.74) is 3.32.